The van der Waals surface area contributed by atoms with Crippen LogP contribution in [0.1, 0.15) is 31.1 Å². The summed E-state index contributed by atoms with van der Waals surface area (Å²) in [5.74, 6) is -5.33. The number of hydrogen-bond donors (Lipinski definition) is 1. The molecule has 0 radical (unpaired) electrons. The fourth-order valence-electron chi connectivity index (χ4n) is 1.11. The summed E-state index contributed by atoms with van der Waals surface area (Å²) < 4.78 is 44.1. The van der Waals surface area contributed by atoms with Crippen LogP contribution in [0.3, 0.4) is 0 Å². The Balaban J connectivity index is 3.20. The molecule has 0 unspecified atom stereocenters. The SMILES string of the molecule is CC(C)(C)OC(=O)c1cc(F)c(F)c(N)c1F. The Morgan fingerprint density at radius 2 is 1.76 bits per heavy atom. The van der Waals surface area contributed by atoms with Gasteiger partial charge in [-0.05, 0) is 26.8 Å². The summed E-state index contributed by atoms with van der Waals surface area (Å²) in [6, 6.07) is 0.426. The van der Waals surface area contributed by atoms with E-state index in [4.69, 9.17) is 10.5 Å². The summed E-state index contributed by atoms with van der Waals surface area (Å²) in [6.07, 6.45) is 0. The van der Waals surface area contributed by atoms with Gasteiger partial charge in [-0.3, -0.25) is 0 Å². The van der Waals surface area contributed by atoms with Crippen molar-refractivity contribution in [1.82, 2.24) is 0 Å². The molecular formula is C11H12F3NO2. The zero-order chi connectivity index (χ0) is 13.4. The Hall–Kier alpha value is -1.72. The maximum absolute atomic E-state index is 13.4. The molecule has 3 nitrogen and oxygen atoms in total. The number of nitrogens with two attached hydrogens (primary N) is 1. The van der Waals surface area contributed by atoms with Gasteiger partial charge in [0.25, 0.3) is 0 Å². The van der Waals surface area contributed by atoms with Gasteiger partial charge >= 0.3 is 5.97 Å². The highest BCUT2D eigenvalue weighted by atomic mass is 19.2. The molecule has 0 fully saturated rings. The highest BCUT2D eigenvalue weighted by molar-refractivity contribution is 5.91. The molecule has 0 saturated carbocycles. The lowest BCUT2D eigenvalue weighted by molar-refractivity contribution is 0.00641. The minimum Gasteiger partial charge on any atom is -0.456 e. The normalized spacial score (nSPS) is 11.4. The first-order chi connectivity index (χ1) is 7.63. The lowest BCUT2D eigenvalue weighted by Gasteiger charge is -2.19. The van der Waals surface area contributed by atoms with Crippen molar-refractivity contribution in [2.75, 3.05) is 5.73 Å². The minimum absolute atomic E-state index is 0.426. The van der Waals surface area contributed by atoms with Crippen molar-refractivity contribution in [2.45, 2.75) is 26.4 Å². The second-order valence-corrected chi connectivity index (χ2v) is 4.45. The number of nitrogen functional groups attached to an aromatic ring is 1. The van der Waals surface area contributed by atoms with Crippen molar-refractivity contribution >= 4 is 11.7 Å². The molecule has 0 bridgehead atoms. The number of hydrogen-bond acceptors (Lipinski definition) is 3. The van der Waals surface area contributed by atoms with E-state index in [1.807, 2.05) is 0 Å². The third kappa shape index (κ3) is 2.89. The number of carbonyl (C=O) groups excluding carboxylic acids is 1. The number of ether oxygens (including phenoxy) is 1. The highest BCUT2D eigenvalue weighted by Crippen LogP contribution is 2.24. The minimum atomic E-state index is -1.52. The molecule has 0 amide bonds. The van der Waals surface area contributed by atoms with Crippen LogP contribution >= 0.6 is 0 Å². The van der Waals surface area contributed by atoms with E-state index in [0.717, 1.165) is 0 Å². The zero-order valence-corrected chi connectivity index (χ0v) is 9.61. The maximum Gasteiger partial charge on any atom is 0.341 e. The van der Waals surface area contributed by atoms with Gasteiger partial charge in [-0.1, -0.05) is 0 Å². The number of benzene rings is 1. The Morgan fingerprint density at radius 3 is 2.24 bits per heavy atom. The Morgan fingerprint density at radius 1 is 1.24 bits per heavy atom. The molecule has 0 aliphatic rings. The van der Waals surface area contributed by atoms with E-state index < -0.39 is 40.3 Å². The average molecular weight is 247 g/mol. The summed E-state index contributed by atoms with van der Waals surface area (Å²) in [5, 5.41) is 0. The smallest absolute Gasteiger partial charge is 0.341 e. The topological polar surface area (TPSA) is 52.3 Å². The quantitative estimate of drug-likeness (QED) is 0.471. The van der Waals surface area contributed by atoms with E-state index >= 15 is 0 Å². The first-order valence-corrected chi connectivity index (χ1v) is 4.80. The van der Waals surface area contributed by atoms with Crippen LogP contribution in [0.4, 0.5) is 18.9 Å². The predicted octanol–water partition coefficient (Wildman–Crippen LogP) is 2.64. The van der Waals surface area contributed by atoms with Gasteiger partial charge in [0.05, 0.1) is 0 Å². The van der Waals surface area contributed by atoms with Crippen molar-refractivity contribution in [2.24, 2.45) is 0 Å². The van der Waals surface area contributed by atoms with Crippen molar-refractivity contribution in [3.63, 3.8) is 0 Å². The van der Waals surface area contributed by atoms with Crippen LogP contribution in [-0.4, -0.2) is 11.6 Å². The molecule has 1 aromatic carbocycles. The van der Waals surface area contributed by atoms with Crippen LogP contribution in [0.25, 0.3) is 0 Å². The van der Waals surface area contributed by atoms with Crippen molar-refractivity contribution in [1.29, 1.82) is 0 Å². The molecule has 0 aliphatic carbocycles. The number of esters is 1. The largest absolute Gasteiger partial charge is 0.456 e. The maximum atomic E-state index is 13.4. The van der Waals surface area contributed by atoms with Gasteiger partial charge in [-0.2, -0.15) is 0 Å². The number of anilines is 1. The molecule has 0 atom stereocenters. The molecule has 0 heterocycles. The monoisotopic (exact) mass is 247 g/mol. The van der Waals surface area contributed by atoms with Crippen molar-refractivity contribution in [3.05, 3.63) is 29.1 Å². The van der Waals surface area contributed by atoms with Crippen LogP contribution < -0.4 is 5.73 Å². The molecule has 1 aromatic rings. The third-order valence-electron chi connectivity index (χ3n) is 1.81. The van der Waals surface area contributed by atoms with E-state index in [9.17, 15) is 18.0 Å². The molecule has 17 heavy (non-hydrogen) atoms. The van der Waals surface area contributed by atoms with Gasteiger partial charge in [-0.25, -0.2) is 18.0 Å². The van der Waals surface area contributed by atoms with Gasteiger partial charge in [0, 0.05) is 0 Å². The van der Waals surface area contributed by atoms with Crippen LogP contribution in [0, 0.1) is 17.5 Å². The second-order valence-electron chi connectivity index (χ2n) is 4.45. The van der Waals surface area contributed by atoms with Gasteiger partial charge in [0.15, 0.2) is 17.5 Å². The van der Waals surface area contributed by atoms with Gasteiger partial charge in [0.1, 0.15) is 16.9 Å². The van der Waals surface area contributed by atoms with E-state index in [1.54, 1.807) is 20.8 Å². The molecule has 0 spiro atoms. The Bertz CT molecular complexity index is 467. The van der Waals surface area contributed by atoms with Crippen LogP contribution in [0.15, 0.2) is 6.07 Å². The van der Waals surface area contributed by atoms with E-state index in [0.29, 0.717) is 6.07 Å². The highest BCUT2D eigenvalue weighted by Gasteiger charge is 2.25. The predicted molar refractivity (Wildman–Crippen MR) is 55.9 cm³/mol. The molecule has 6 heteroatoms. The summed E-state index contributed by atoms with van der Waals surface area (Å²) in [6.45, 7) is 4.68. The van der Waals surface area contributed by atoms with E-state index in [2.05, 4.69) is 0 Å². The fourth-order valence-corrected chi connectivity index (χ4v) is 1.11. The van der Waals surface area contributed by atoms with Gasteiger partial charge in [-0.15, -0.1) is 0 Å². The zero-order valence-electron chi connectivity index (χ0n) is 9.61. The average Bonchev–Trinajstić information content (AvgIpc) is 2.17. The van der Waals surface area contributed by atoms with Crippen LogP contribution in [-0.2, 0) is 4.74 Å². The standard InChI is InChI=1S/C11H12F3NO2/c1-11(2,3)17-10(16)5-4-6(12)8(14)9(15)7(5)13/h4H,15H2,1-3H3. The number of halogens is 3. The Labute approximate surface area is 96.4 Å². The molecule has 0 aromatic heterocycles. The molecule has 94 valence electrons. The van der Waals surface area contributed by atoms with Crippen molar-refractivity contribution in [3.8, 4) is 0 Å². The van der Waals surface area contributed by atoms with Crippen molar-refractivity contribution < 1.29 is 22.7 Å². The summed E-state index contributed by atoms with van der Waals surface area (Å²) in [5.41, 5.74) is 2.35. The lowest BCUT2D eigenvalue weighted by atomic mass is 10.1. The third-order valence-corrected chi connectivity index (χ3v) is 1.81. The van der Waals surface area contributed by atoms with Crippen LogP contribution in [0.5, 0.6) is 0 Å². The van der Waals surface area contributed by atoms with E-state index in [-0.39, 0.29) is 0 Å². The summed E-state index contributed by atoms with van der Waals surface area (Å²) in [7, 11) is 0. The van der Waals surface area contributed by atoms with Gasteiger partial charge < -0.3 is 10.5 Å². The first-order valence-electron chi connectivity index (χ1n) is 4.80. The molecule has 2 N–H and O–H groups in total. The lowest BCUT2D eigenvalue weighted by Crippen LogP contribution is -2.25. The van der Waals surface area contributed by atoms with Crippen LogP contribution in [0.2, 0.25) is 0 Å². The Kier molecular flexibility index (Phi) is 3.35. The number of rotatable bonds is 1. The second kappa shape index (κ2) is 4.27. The molecule has 0 aliphatic heterocycles. The molecule has 0 saturated heterocycles. The van der Waals surface area contributed by atoms with Gasteiger partial charge in [0.2, 0.25) is 0 Å². The number of carbonyl (C=O) groups is 1. The van der Waals surface area contributed by atoms with E-state index in [1.165, 1.54) is 0 Å². The first kappa shape index (κ1) is 13.3. The molecular weight excluding hydrogens is 235 g/mol. The molecule has 1 rings (SSSR count). The summed E-state index contributed by atoms with van der Waals surface area (Å²) in [4.78, 5) is 11.5. The summed E-state index contributed by atoms with van der Waals surface area (Å²) >= 11 is 0. The fraction of sp³-hybridized carbons (Fsp3) is 0.364.